The maximum absolute atomic E-state index is 12.0. The Morgan fingerprint density at radius 1 is 0.944 bits per heavy atom. The van der Waals surface area contributed by atoms with Crippen molar-refractivity contribution in [3.63, 3.8) is 0 Å². The Balaban J connectivity index is 1.74. The summed E-state index contributed by atoms with van der Waals surface area (Å²) in [4.78, 5) is 5.45. The molecule has 4 saturated carbocycles. The van der Waals surface area contributed by atoms with Gasteiger partial charge in [-0.3, -0.25) is 0 Å². The van der Waals surface area contributed by atoms with Gasteiger partial charge in [0, 0.05) is 5.41 Å². The fourth-order valence-corrected chi connectivity index (χ4v) is 11.3. The molecule has 9 unspecified atom stereocenters. The van der Waals surface area contributed by atoms with Gasteiger partial charge < -0.3 is 23.9 Å². The number of hydrogen-bond donors (Lipinski definition) is 2. The second-order valence-corrected chi connectivity index (χ2v) is 23.8. The minimum absolute atomic E-state index is 0.109. The van der Waals surface area contributed by atoms with Crippen LogP contribution in [0.25, 0.3) is 0 Å². The highest BCUT2D eigenvalue weighted by Gasteiger charge is 2.69. The fourth-order valence-electron chi connectivity index (χ4n) is 9.18. The van der Waals surface area contributed by atoms with Crippen LogP contribution in [-0.2, 0) is 13.7 Å². The van der Waals surface area contributed by atoms with Crippen LogP contribution < -0.4 is 0 Å². The molecule has 0 radical (unpaired) electrons. The molecule has 0 heterocycles. The lowest BCUT2D eigenvalue weighted by molar-refractivity contribution is -0.188. The monoisotopic (exact) mass is 539 g/mol. The Kier molecular flexibility index (Phi) is 7.77. The Morgan fingerprint density at radius 2 is 1.64 bits per heavy atom. The smallest absolute Gasteiger partial charge is 0.185 e. The summed E-state index contributed by atoms with van der Waals surface area (Å²) >= 11 is 0. The standard InChI is InChI=1S/C28H53NO5Si2/c1-26-14-12-20(30)16-19(26)10-11-21-22-13-15-28(34-36(7,8)9,27(22,2)17-23(31)25(21)26)24(29-32-3)18-33-35(4,5)6/h19-23,25,30-31H,10-18H2,1-9H3. The number of fused-ring (bicyclic) bond motifs is 5. The van der Waals surface area contributed by atoms with Gasteiger partial charge in [-0.1, -0.05) is 19.0 Å². The van der Waals surface area contributed by atoms with E-state index in [1.165, 1.54) is 0 Å². The van der Waals surface area contributed by atoms with E-state index in [2.05, 4.69) is 58.3 Å². The van der Waals surface area contributed by atoms with Gasteiger partial charge in [-0.2, -0.15) is 0 Å². The molecule has 4 rings (SSSR count). The summed E-state index contributed by atoms with van der Waals surface area (Å²) < 4.78 is 13.7. The first kappa shape index (κ1) is 28.7. The van der Waals surface area contributed by atoms with Crippen molar-refractivity contribution in [1.29, 1.82) is 0 Å². The summed E-state index contributed by atoms with van der Waals surface area (Å²) in [5, 5.41) is 27.0. The van der Waals surface area contributed by atoms with E-state index in [0.717, 1.165) is 57.1 Å². The van der Waals surface area contributed by atoms with Gasteiger partial charge in [0.25, 0.3) is 0 Å². The lowest BCUT2D eigenvalue weighted by Gasteiger charge is -2.63. The van der Waals surface area contributed by atoms with Crippen LogP contribution in [0.5, 0.6) is 0 Å². The molecule has 0 spiro atoms. The molecule has 36 heavy (non-hydrogen) atoms. The van der Waals surface area contributed by atoms with E-state index in [1.807, 2.05) is 0 Å². The van der Waals surface area contributed by atoms with Crippen molar-refractivity contribution in [3.8, 4) is 0 Å². The maximum Gasteiger partial charge on any atom is 0.185 e. The first-order valence-electron chi connectivity index (χ1n) is 14.4. The van der Waals surface area contributed by atoms with Crippen molar-refractivity contribution in [2.24, 2.45) is 39.7 Å². The van der Waals surface area contributed by atoms with Crippen LogP contribution in [0.4, 0.5) is 0 Å². The summed E-state index contributed by atoms with van der Waals surface area (Å²) in [5.74, 6) is 1.76. The lowest BCUT2D eigenvalue weighted by Crippen LogP contribution is -2.65. The molecule has 9 atom stereocenters. The van der Waals surface area contributed by atoms with Crippen LogP contribution in [0.2, 0.25) is 39.3 Å². The van der Waals surface area contributed by atoms with Gasteiger partial charge in [0.2, 0.25) is 0 Å². The molecule has 0 saturated heterocycles. The molecule has 4 fully saturated rings. The average molecular weight is 540 g/mol. The molecule has 0 aromatic carbocycles. The molecule has 6 nitrogen and oxygen atoms in total. The summed E-state index contributed by atoms with van der Waals surface area (Å²) in [6, 6.07) is 0. The van der Waals surface area contributed by atoms with Crippen LogP contribution in [0, 0.1) is 34.5 Å². The molecular weight excluding hydrogens is 486 g/mol. The zero-order valence-electron chi connectivity index (χ0n) is 24.4. The Hall–Kier alpha value is -0.256. The SMILES string of the molecule is CON=C(CO[Si](C)(C)C)C1(O[Si](C)(C)C)CCC2C3CCC4CC(O)CCC4(C)C3C(O)CC21C. The molecule has 4 aliphatic carbocycles. The Bertz CT molecular complexity index is 841. The normalized spacial score (nSPS) is 45.6. The summed E-state index contributed by atoms with van der Waals surface area (Å²) in [6.07, 6.45) is 7.27. The fraction of sp³-hybridized carbons (Fsp3) is 0.964. The minimum atomic E-state index is -1.99. The van der Waals surface area contributed by atoms with Gasteiger partial charge in [0.15, 0.2) is 16.6 Å². The molecule has 4 aliphatic rings. The molecule has 208 valence electrons. The van der Waals surface area contributed by atoms with Gasteiger partial charge in [-0.15, -0.1) is 0 Å². The first-order chi connectivity index (χ1) is 16.6. The van der Waals surface area contributed by atoms with E-state index in [1.54, 1.807) is 7.11 Å². The molecule has 0 bridgehead atoms. The Morgan fingerprint density at radius 3 is 2.25 bits per heavy atom. The van der Waals surface area contributed by atoms with Crippen LogP contribution in [-0.4, -0.2) is 64.1 Å². The van der Waals surface area contributed by atoms with Crippen LogP contribution in [0.15, 0.2) is 5.16 Å². The third kappa shape index (κ3) is 4.92. The van der Waals surface area contributed by atoms with Crippen LogP contribution >= 0.6 is 0 Å². The van der Waals surface area contributed by atoms with Gasteiger partial charge in [-0.05, 0) is 120 Å². The molecule has 0 amide bonds. The molecule has 2 N–H and O–H groups in total. The predicted molar refractivity (Wildman–Crippen MR) is 150 cm³/mol. The third-order valence-corrected chi connectivity index (χ3v) is 12.5. The van der Waals surface area contributed by atoms with Crippen molar-refractivity contribution in [1.82, 2.24) is 0 Å². The second kappa shape index (κ2) is 9.74. The number of aliphatic hydroxyl groups excluding tert-OH is 2. The largest absolute Gasteiger partial charge is 0.412 e. The summed E-state index contributed by atoms with van der Waals surface area (Å²) in [6.45, 7) is 18.6. The Labute approximate surface area is 221 Å². The van der Waals surface area contributed by atoms with Crippen LogP contribution in [0.1, 0.15) is 65.2 Å². The number of oxime groups is 1. The molecular formula is C28H53NO5Si2. The lowest BCUT2D eigenvalue weighted by atomic mass is 9.43. The van der Waals surface area contributed by atoms with E-state index >= 15 is 0 Å². The van der Waals surface area contributed by atoms with Gasteiger partial charge >= 0.3 is 0 Å². The van der Waals surface area contributed by atoms with Crippen molar-refractivity contribution < 1.29 is 23.9 Å². The number of hydrogen-bond acceptors (Lipinski definition) is 6. The molecule has 0 aromatic heterocycles. The number of nitrogens with zero attached hydrogens (tertiary/aromatic N) is 1. The zero-order chi connectivity index (χ0) is 26.7. The van der Waals surface area contributed by atoms with Crippen LogP contribution in [0.3, 0.4) is 0 Å². The molecule has 0 aliphatic heterocycles. The van der Waals surface area contributed by atoms with Crippen molar-refractivity contribution in [2.75, 3.05) is 13.7 Å². The topological polar surface area (TPSA) is 80.5 Å². The van der Waals surface area contributed by atoms with E-state index in [-0.39, 0.29) is 23.0 Å². The predicted octanol–water partition coefficient (Wildman–Crippen LogP) is 5.81. The summed E-state index contributed by atoms with van der Waals surface area (Å²) in [5.41, 5.74) is 0.180. The van der Waals surface area contributed by atoms with Crippen molar-refractivity contribution in [3.05, 3.63) is 0 Å². The van der Waals surface area contributed by atoms with Crippen molar-refractivity contribution >= 4 is 22.3 Å². The third-order valence-electron chi connectivity index (χ3n) is 10.5. The highest BCUT2D eigenvalue weighted by atomic mass is 28.4. The summed E-state index contributed by atoms with van der Waals surface area (Å²) in [7, 11) is -2.16. The van der Waals surface area contributed by atoms with E-state index in [9.17, 15) is 10.2 Å². The number of aliphatic hydroxyl groups is 2. The van der Waals surface area contributed by atoms with Crippen molar-refractivity contribution in [2.45, 2.75) is 122 Å². The average Bonchev–Trinajstić information content (AvgIpc) is 3.01. The highest BCUT2D eigenvalue weighted by molar-refractivity contribution is 6.70. The van der Waals surface area contributed by atoms with E-state index in [4.69, 9.17) is 13.7 Å². The van der Waals surface area contributed by atoms with Gasteiger partial charge in [0.05, 0.1) is 18.8 Å². The maximum atomic E-state index is 12.0. The van der Waals surface area contributed by atoms with E-state index < -0.39 is 22.2 Å². The zero-order valence-corrected chi connectivity index (χ0v) is 26.4. The minimum Gasteiger partial charge on any atom is -0.412 e. The van der Waals surface area contributed by atoms with E-state index in [0.29, 0.717) is 30.3 Å². The van der Waals surface area contributed by atoms with Gasteiger partial charge in [-0.25, -0.2) is 0 Å². The highest BCUT2D eigenvalue weighted by Crippen LogP contribution is 2.69. The second-order valence-electron chi connectivity index (χ2n) is 14.9. The number of rotatable bonds is 7. The molecule has 0 aromatic rings. The van der Waals surface area contributed by atoms with Gasteiger partial charge in [0.1, 0.15) is 18.4 Å². The quantitative estimate of drug-likeness (QED) is 0.243. The molecule has 8 heteroatoms. The first-order valence-corrected chi connectivity index (χ1v) is 21.2.